The van der Waals surface area contributed by atoms with Crippen LogP contribution in [0.5, 0.6) is 0 Å². The Morgan fingerprint density at radius 2 is 1.86 bits per heavy atom. The van der Waals surface area contributed by atoms with Gasteiger partial charge >= 0.3 is 6.18 Å². The Hall–Kier alpha value is -2.03. The first kappa shape index (κ1) is 20.3. The quantitative estimate of drug-likeness (QED) is 0.633. The monoisotopic (exact) mass is 470 g/mol. The molecule has 5 nitrogen and oxygen atoms in total. The van der Waals surface area contributed by atoms with Gasteiger partial charge in [-0.2, -0.15) is 18.3 Å². The molecule has 156 valence electrons. The van der Waals surface area contributed by atoms with E-state index in [9.17, 15) is 18.0 Å². The van der Waals surface area contributed by atoms with Crippen LogP contribution in [0, 0.1) is 0 Å². The van der Waals surface area contributed by atoms with Gasteiger partial charge < -0.3 is 10.6 Å². The van der Waals surface area contributed by atoms with Crippen LogP contribution in [0.1, 0.15) is 66.7 Å². The minimum atomic E-state index is -4.46. The Balaban J connectivity index is 1.59. The number of aromatic nitrogens is 2. The highest BCUT2D eigenvalue weighted by atomic mass is 79.9. The summed E-state index contributed by atoms with van der Waals surface area (Å²) in [7, 11) is 0. The largest absolute Gasteiger partial charge is 0.410 e. The third kappa shape index (κ3) is 4.44. The number of halogens is 4. The zero-order valence-corrected chi connectivity index (χ0v) is 17.3. The van der Waals surface area contributed by atoms with Crippen molar-refractivity contribution in [2.45, 2.75) is 62.8 Å². The van der Waals surface area contributed by atoms with Crippen molar-refractivity contribution in [1.29, 1.82) is 0 Å². The molecule has 9 heteroatoms. The van der Waals surface area contributed by atoms with E-state index < -0.39 is 24.2 Å². The molecule has 29 heavy (non-hydrogen) atoms. The van der Waals surface area contributed by atoms with Gasteiger partial charge in [0.05, 0.1) is 6.04 Å². The number of hydrogen-bond acceptors (Lipinski definition) is 3. The highest BCUT2D eigenvalue weighted by Crippen LogP contribution is 2.43. The Kier molecular flexibility index (Phi) is 5.59. The second kappa shape index (κ2) is 8.01. The molecule has 1 aromatic heterocycles. The average Bonchev–Trinajstić information content (AvgIpc) is 3.12. The van der Waals surface area contributed by atoms with Crippen molar-refractivity contribution in [2.24, 2.45) is 0 Å². The van der Waals surface area contributed by atoms with Crippen molar-refractivity contribution >= 4 is 27.7 Å². The van der Waals surface area contributed by atoms with E-state index in [2.05, 4.69) is 31.7 Å². The standard InChI is InChI=1S/C20H22BrF3N4O/c21-13-8-6-12(7-9-13)15-10-17(20(22,23)24)28-18(26-15)11-16(27-28)19(29)25-14-4-2-1-3-5-14/h6-9,11,14-15,17,26H,1-5,10H2,(H,25,29)/t15-,17+/m1/s1. The van der Waals surface area contributed by atoms with Crippen LogP contribution in [0.2, 0.25) is 0 Å². The number of nitrogens with zero attached hydrogens (tertiary/aromatic N) is 2. The summed E-state index contributed by atoms with van der Waals surface area (Å²) in [6, 6.07) is 6.36. The van der Waals surface area contributed by atoms with Gasteiger partial charge in [-0.3, -0.25) is 4.79 Å². The minimum absolute atomic E-state index is 0.0174. The van der Waals surface area contributed by atoms with Crippen molar-refractivity contribution in [3.05, 3.63) is 46.1 Å². The van der Waals surface area contributed by atoms with Gasteiger partial charge in [-0.05, 0) is 30.5 Å². The molecule has 0 radical (unpaired) electrons. The van der Waals surface area contributed by atoms with Crippen molar-refractivity contribution in [3.8, 4) is 0 Å². The molecule has 2 aromatic rings. The van der Waals surface area contributed by atoms with Crippen LogP contribution < -0.4 is 10.6 Å². The summed E-state index contributed by atoms with van der Waals surface area (Å²) >= 11 is 3.34. The fraction of sp³-hybridized carbons (Fsp3) is 0.500. The molecule has 2 heterocycles. The van der Waals surface area contributed by atoms with Crippen LogP contribution in [0.4, 0.5) is 19.0 Å². The molecule has 1 fully saturated rings. The van der Waals surface area contributed by atoms with E-state index in [0.29, 0.717) is 0 Å². The molecule has 0 spiro atoms. The molecular weight excluding hydrogens is 449 g/mol. The summed E-state index contributed by atoms with van der Waals surface area (Å²) in [5.41, 5.74) is 0.770. The first-order chi connectivity index (χ1) is 13.8. The molecule has 1 amide bonds. The number of amides is 1. The lowest BCUT2D eigenvalue weighted by atomic mass is 9.95. The zero-order valence-electron chi connectivity index (χ0n) is 15.7. The summed E-state index contributed by atoms with van der Waals surface area (Å²) in [4.78, 5) is 12.6. The van der Waals surface area contributed by atoms with Crippen LogP contribution in [0.15, 0.2) is 34.8 Å². The maximum atomic E-state index is 13.8. The van der Waals surface area contributed by atoms with Gasteiger partial charge in [0.1, 0.15) is 5.82 Å². The number of carbonyl (C=O) groups excluding carboxylic acids is 1. The molecule has 1 aromatic carbocycles. The van der Waals surface area contributed by atoms with Gasteiger partial charge in [-0.15, -0.1) is 0 Å². The fourth-order valence-corrected chi connectivity index (χ4v) is 4.37. The van der Waals surface area contributed by atoms with Gasteiger partial charge in [0.2, 0.25) is 0 Å². The first-order valence-electron chi connectivity index (χ1n) is 9.80. The third-order valence-electron chi connectivity index (χ3n) is 5.64. The number of anilines is 1. The maximum absolute atomic E-state index is 13.8. The van der Waals surface area contributed by atoms with Crippen LogP contribution in [0.25, 0.3) is 0 Å². The number of rotatable bonds is 3. The number of alkyl halides is 3. The Morgan fingerprint density at radius 1 is 1.17 bits per heavy atom. The number of carbonyl (C=O) groups is 1. The summed E-state index contributed by atoms with van der Waals surface area (Å²) in [6.07, 6.45) is 0.397. The topological polar surface area (TPSA) is 59.0 Å². The molecule has 1 aliphatic heterocycles. The smallest absolute Gasteiger partial charge is 0.363 e. The normalized spacial score (nSPS) is 22.6. The van der Waals surface area contributed by atoms with Gasteiger partial charge in [-0.1, -0.05) is 47.3 Å². The van der Waals surface area contributed by atoms with E-state index in [-0.39, 0.29) is 24.0 Å². The Morgan fingerprint density at radius 3 is 2.52 bits per heavy atom. The van der Waals surface area contributed by atoms with Crippen LogP contribution in [0.3, 0.4) is 0 Å². The van der Waals surface area contributed by atoms with E-state index in [4.69, 9.17) is 0 Å². The second-order valence-corrected chi connectivity index (χ2v) is 8.63. The number of benzene rings is 1. The molecule has 1 saturated carbocycles. The lowest BCUT2D eigenvalue weighted by molar-refractivity contribution is -0.173. The van der Waals surface area contributed by atoms with Gasteiger partial charge in [0.15, 0.2) is 11.7 Å². The summed E-state index contributed by atoms with van der Waals surface area (Å²) in [6.45, 7) is 0. The Bertz CT molecular complexity index is 875. The van der Waals surface area contributed by atoms with E-state index in [1.165, 1.54) is 6.07 Å². The third-order valence-corrected chi connectivity index (χ3v) is 6.16. The fourth-order valence-electron chi connectivity index (χ4n) is 4.10. The van der Waals surface area contributed by atoms with Gasteiger partial charge in [0, 0.05) is 23.0 Å². The molecular formula is C20H22BrF3N4O. The number of fused-ring (bicyclic) bond motifs is 1. The van der Waals surface area contributed by atoms with E-state index in [1.54, 1.807) is 24.3 Å². The maximum Gasteiger partial charge on any atom is 0.410 e. The SMILES string of the molecule is O=C(NC1CCCCC1)c1cc2n(n1)[C@H](C(F)(F)F)C[C@H](c1ccc(Br)cc1)N2. The van der Waals surface area contributed by atoms with Gasteiger partial charge in [-0.25, -0.2) is 4.68 Å². The predicted molar refractivity (Wildman–Crippen MR) is 107 cm³/mol. The van der Waals surface area contributed by atoms with Crippen molar-refractivity contribution in [2.75, 3.05) is 5.32 Å². The molecule has 4 rings (SSSR count). The molecule has 0 saturated heterocycles. The zero-order chi connectivity index (χ0) is 20.6. The second-order valence-electron chi connectivity index (χ2n) is 7.71. The average molecular weight is 471 g/mol. The number of hydrogen-bond donors (Lipinski definition) is 2. The Labute approximate surface area is 175 Å². The van der Waals surface area contributed by atoms with Crippen molar-refractivity contribution in [1.82, 2.24) is 15.1 Å². The summed E-state index contributed by atoms with van der Waals surface area (Å²) in [5.74, 6) is -0.206. The van der Waals surface area contributed by atoms with Crippen molar-refractivity contribution < 1.29 is 18.0 Å². The lowest BCUT2D eigenvalue weighted by Crippen LogP contribution is -2.37. The molecule has 2 atom stereocenters. The minimum Gasteiger partial charge on any atom is -0.363 e. The molecule has 2 N–H and O–H groups in total. The molecule has 0 bridgehead atoms. The van der Waals surface area contributed by atoms with E-state index in [1.807, 2.05) is 0 Å². The van der Waals surface area contributed by atoms with E-state index in [0.717, 1.165) is 46.8 Å². The van der Waals surface area contributed by atoms with Crippen LogP contribution in [-0.4, -0.2) is 27.9 Å². The highest BCUT2D eigenvalue weighted by Gasteiger charge is 2.46. The lowest BCUT2D eigenvalue weighted by Gasteiger charge is -2.33. The van der Waals surface area contributed by atoms with Crippen molar-refractivity contribution in [3.63, 3.8) is 0 Å². The molecule has 2 aliphatic rings. The highest BCUT2D eigenvalue weighted by molar-refractivity contribution is 9.10. The molecule has 0 unspecified atom stereocenters. The van der Waals surface area contributed by atoms with Gasteiger partial charge in [0.25, 0.3) is 5.91 Å². The summed E-state index contributed by atoms with van der Waals surface area (Å²) in [5, 5.41) is 10.1. The van der Waals surface area contributed by atoms with Crippen LogP contribution >= 0.6 is 15.9 Å². The molecule has 1 aliphatic carbocycles. The predicted octanol–water partition coefficient (Wildman–Crippen LogP) is 5.37. The number of nitrogens with one attached hydrogen (secondary N) is 2. The van der Waals surface area contributed by atoms with E-state index >= 15 is 0 Å². The first-order valence-corrected chi connectivity index (χ1v) is 10.6. The van der Waals surface area contributed by atoms with Crippen LogP contribution in [-0.2, 0) is 0 Å². The summed E-state index contributed by atoms with van der Waals surface area (Å²) < 4.78 is 43.0.